The van der Waals surface area contributed by atoms with Gasteiger partial charge in [0.25, 0.3) is 0 Å². The van der Waals surface area contributed by atoms with E-state index in [0.717, 1.165) is 29.0 Å². The van der Waals surface area contributed by atoms with Crippen LogP contribution in [0.2, 0.25) is 0 Å². The Labute approximate surface area is 113 Å². The Morgan fingerprint density at radius 3 is 2.67 bits per heavy atom. The number of aryl methyl sites for hydroxylation is 1. The third-order valence-corrected chi connectivity index (χ3v) is 3.68. The van der Waals surface area contributed by atoms with E-state index in [9.17, 15) is 0 Å². The van der Waals surface area contributed by atoms with Crippen molar-refractivity contribution in [1.29, 1.82) is 0 Å². The molecule has 2 heterocycles. The molecule has 0 bridgehead atoms. The zero-order valence-corrected chi connectivity index (χ0v) is 12.4. The Morgan fingerprint density at radius 2 is 2.11 bits per heavy atom. The highest BCUT2D eigenvalue weighted by molar-refractivity contribution is 6.20. The second-order valence-corrected chi connectivity index (χ2v) is 6.10. The lowest BCUT2D eigenvalue weighted by Crippen LogP contribution is -2.27. The Bertz CT molecular complexity index is 570. The number of nitrogens with zero attached hydrogens (tertiary/aromatic N) is 3. The average Bonchev–Trinajstić information content (AvgIpc) is 2.68. The van der Waals surface area contributed by atoms with E-state index in [1.54, 1.807) is 0 Å². The van der Waals surface area contributed by atoms with Gasteiger partial charge in [-0.05, 0) is 45.7 Å². The molecule has 0 radical (unpaired) electrons. The third kappa shape index (κ3) is 2.12. The van der Waals surface area contributed by atoms with Crippen LogP contribution in [0.4, 0.5) is 0 Å². The molecule has 18 heavy (non-hydrogen) atoms. The van der Waals surface area contributed by atoms with Gasteiger partial charge in [0.2, 0.25) is 0 Å². The minimum absolute atomic E-state index is 0.0323. The van der Waals surface area contributed by atoms with Gasteiger partial charge in [-0.25, -0.2) is 9.97 Å². The molecule has 2 aromatic heterocycles. The molecule has 0 saturated heterocycles. The van der Waals surface area contributed by atoms with Crippen molar-refractivity contribution in [2.75, 3.05) is 0 Å². The number of hydrogen-bond donors (Lipinski definition) is 0. The Kier molecular flexibility index (Phi) is 3.37. The van der Waals surface area contributed by atoms with Crippen molar-refractivity contribution in [1.82, 2.24) is 14.5 Å². The molecule has 0 spiro atoms. The van der Waals surface area contributed by atoms with E-state index < -0.39 is 0 Å². The molecule has 98 valence electrons. The summed E-state index contributed by atoms with van der Waals surface area (Å²) in [6, 6.07) is 2.06. The summed E-state index contributed by atoms with van der Waals surface area (Å²) in [5.41, 5.74) is 2.94. The van der Waals surface area contributed by atoms with Crippen LogP contribution in [0, 0.1) is 6.92 Å². The molecule has 0 aromatic carbocycles. The number of hydrogen-bond acceptors (Lipinski definition) is 2. The number of fused-ring (bicyclic) bond motifs is 1. The van der Waals surface area contributed by atoms with Gasteiger partial charge in [0.1, 0.15) is 11.3 Å². The number of rotatable bonds is 3. The second kappa shape index (κ2) is 4.54. The summed E-state index contributed by atoms with van der Waals surface area (Å²) >= 11 is 6.27. The molecular formula is C14H20ClN3. The van der Waals surface area contributed by atoms with Crippen LogP contribution >= 0.6 is 11.6 Å². The molecule has 0 fully saturated rings. The molecule has 1 atom stereocenters. The second-order valence-electron chi connectivity index (χ2n) is 5.44. The summed E-state index contributed by atoms with van der Waals surface area (Å²) in [4.78, 5) is 9.20. The van der Waals surface area contributed by atoms with Crippen molar-refractivity contribution in [2.45, 2.75) is 52.0 Å². The predicted molar refractivity (Wildman–Crippen MR) is 76.1 cm³/mol. The van der Waals surface area contributed by atoms with Crippen molar-refractivity contribution in [3.63, 3.8) is 0 Å². The van der Waals surface area contributed by atoms with E-state index in [2.05, 4.69) is 41.4 Å². The fraction of sp³-hybridized carbons (Fsp3) is 0.571. The van der Waals surface area contributed by atoms with E-state index in [1.165, 1.54) is 0 Å². The molecule has 0 saturated carbocycles. The van der Waals surface area contributed by atoms with Gasteiger partial charge in [-0.15, -0.1) is 11.6 Å². The monoisotopic (exact) mass is 265 g/mol. The van der Waals surface area contributed by atoms with E-state index in [-0.39, 0.29) is 10.9 Å². The molecule has 0 aliphatic carbocycles. The lowest BCUT2D eigenvalue weighted by atomic mass is 10.0. The maximum atomic E-state index is 6.27. The van der Waals surface area contributed by atoms with Crippen LogP contribution in [0.3, 0.4) is 0 Å². The first-order chi connectivity index (χ1) is 8.36. The normalized spacial score (nSPS) is 14.1. The highest BCUT2D eigenvalue weighted by atomic mass is 35.5. The van der Waals surface area contributed by atoms with Crippen LogP contribution < -0.4 is 0 Å². The maximum Gasteiger partial charge on any atom is 0.160 e. The van der Waals surface area contributed by atoms with Gasteiger partial charge in [0, 0.05) is 11.7 Å². The van der Waals surface area contributed by atoms with Crippen molar-refractivity contribution < 1.29 is 0 Å². The van der Waals surface area contributed by atoms with Crippen molar-refractivity contribution >= 4 is 22.8 Å². The largest absolute Gasteiger partial charge is 0.306 e. The maximum absolute atomic E-state index is 6.27. The summed E-state index contributed by atoms with van der Waals surface area (Å²) in [5, 5.41) is -0.120. The SMILES string of the molecule is CCC(C)(C)n1c(C(C)Cl)nc2cc(C)cnc21. The Hall–Kier alpha value is -1.09. The first-order valence-corrected chi connectivity index (χ1v) is 6.80. The minimum Gasteiger partial charge on any atom is -0.306 e. The first kappa shape index (κ1) is 13.3. The van der Waals surface area contributed by atoms with Crippen LogP contribution in [0.15, 0.2) is 12.3 Å². The standard InChI is InChI=1S/C14H20ClN3/c1-6-14(4,5)18-12(10(3)15)17-11-7-9(2)8-16-13(11)18/h7-8,10H,6H2,1-5H3. The quantitative estimate of drug-likeness (QED) is 0.780. The highest BCUT2D eigenvalue weighted by Crippen LogP contribution is 2.31. The zero-order chi connectivity index (χ0) is 13.5. The third-order valence-electron chi connectivity index (χ3n) is 3.49. The van der Waals surface area contributed by atoms with E-state index in [1.807, 2.05) is 20.0 Å². The number of aromatic nitrogens is 3. The number of alkyl halides is 1. The summed E-state index contributed by atoms with van der Waals surface area (Å²) in [5.74, 6) is 0.900. The van der Waals surface area contributed by atoms with Crippen molar-refractivity contribution in [2.24, 2.45) is 0 Å². The van der Waals surface area contributed by atoms with Crippen molar-refractivity contribution in [3.8, 4) is 0 Å². The van der Waals surface area contributed by atoms with Gasteiger partial charge in [-0.2, -0.15) is 0 Å². The molecule has 2 rings (SSSR count). The van der Waals surface area contributed by atoms with Crippen LogP contribution in [0.5, 0.6) is 0 Å². The fourth-order valence-electron chi connectivity index (χ4n) is 2.10. The van der Waals surface area contributed by atoms with Gasteiger partial charge in [0.15, 0.2) is 5.65 Å². The molecule has 4 heteroatoms. The average molecular weight is 266 g/mol. The number of imidazole rings is 1. The molecule has 0 N–H and O–H groups in total. The minimum atomic E-state index is -0.120. The van der Waals surface area contributed by atoms with Crippen LogP contribution in [0.1, 0.15) is 50.9 Å². The lowest BCUT2D eigenvalue weighted by molar-refractivity contribution is 0.339. The van der Waals surface area contributed by atoms with E-state index in [0.29, 0.717) is 0 Å². The van der Waals surface area contributed by atoms with Crippen LogP contribution in [0.25, 0.3) is 11.2 Å². The van der Waals surface area contributed by atoms with Gasteiger partial charge >= 0.3 is 0 Å². The number of halogens is 1. The fourth-order valence-corrected chi connectivity index (χ4v) is 2.25. The Morgan fingerprint density at radius 1 is 1.44 bits per heavy atom. The number of pyridine rings is 1. The van der Waals surface area contributed by atoms with Gasteiger partial charge < -0.3 is 4.57 Å². The Balaban J connectivity index is 2.79. The smallest absolute Gasteiger partial charge is 0.160 e. The summed E-state index contributed by atoms with van der Waals surface area (Å²) in [6.45, 7) is 10.5. The van der Waals surface area contributed by atoms with Gasteiger partial charge in [0.05, 0.1) is 5.38 Å². The predicted octanol–water partition coefficient (Wildman–Crippen LogP) is 4.18. The summed E-state index contributed by atoms with van der Waals surface area (Å²) < 4.78 is 2.18. The van der Waals surface area contributed by atoms with Gasteiger partial charge in [-0.3, -0.25) is 0 Å². The highest BCUT2D eigenvalue weighted by Gasteiger charge is 2.26. The summed E-state index contributed by atoms with van der Waals surface area (Å²) in [6.07, 6.45) is 2.89. The summed E-state index contributed by atoms with van der Waals surface area (Å²) in [7, 11) is 0. The zero-order valence-electron chi connectivity index (χ0n) is 11.7. The molecule has 2 aromatic rings. The van der Waals surface area contributed by atoms with Gasteiger partial charge in [-0.1, -0.05) is 6.92 Å². The first-order valence-electron chi connectivity index (χ1n) is 6.36. The molecular weight excluding hydrogens is 246 g/mol. The van der Waals surface area contributed by atoms with E-state index in [4.69, 9.17) is 11.6 Å². The van der Waals surface area contributed by atoms with Crippen molar-refractivity contribution in [3.05, 3.63) is 23.7 Å². The van der Waals surface area contributed by atoms with Crippen LogP contribution in [-0.2, 0) is 5.54 Å². The molecule has 3 nitrogen and oxygen atoms in total. The van der Waals surface area contributed by atoms with E-state index >= 15 is 0 Å². The lowest BCUT2D eigenvalue weighted by Gasteiger charge is -2.28. The molecule has 0 aliphatic rings. The topological polar surface area (TPSA) is 30.7 Å². The van der Waals surface area contributed by atoms with Crippen LogP contribution in [-0.4, -0.2) is 14.5 Å². The molecule has 0 aliphatic heterocycles. The molecule has 1 unspecified atom stereocenters. The molecule has 0 amide bonds.